The highest BCUT2D eigenvalue weighted by molar-refractivity contribution is 5.76. The van der Waals surface area contributed by atoms with Crippen LogP contribution in [0.2, 0.25) is 0 Å². The Labute approximate surface area is 121 Å². The van der Waals surface area contributed by atoms with Crippen molar-refractivity contribution in [3.8, 4) is 33.9 Å². The largest absolute Gasteiger partial charge is 0.508 e. The smallest absolute Gasteiger partial charge is 0.127 e. The van der Waals surface area contributed by atoms with Crippen molar-refractivity contribution >= 4 is 5.82 Å². The maximum absolute atomic E-state index is 10.0. The van der Waals surface area contributed by atoms with Crippen molar-refractivity contribution in [3.05, 3.63) is 54.9 Å². The van der Waals surface area contributed by atoms with Gasteiger partial charge in [0.2, 0.25) is 0 Å². The van der Waals surface area contributed by atoms with Gasteiger partial charge in [-0.25, -0.2) is 9.97 Å². The van der Waals surface area contributed by atoms with E-state index < -0.39 is 0 Å². The number of anilines is 1. The molecule has 5 heteroatoms. The summed E-state index contributed by atoms with van der Waals surface area (Å²) < 4.78 is 0. The number of aromatic nitrogens is 2. The molecule has 1 aromatic heterocycles. The van der Waals surface area contributed by atoms with Crippen LogP contribution in [0, 0.1) is 0 Å². The van der Waals surface area contributed by atoms with Gasteiger partial charge in [-0.2, -0.15) is 0 Å². The molecule has 1 heterocycles. The van der Waals surface area contributed by atoms with Crippen LogP contribution in [0.1, 0.15) is 0 Å². The molecule has 5 nitrogen and oxygen atoms in total. The Hall–Kier alpha value is -3.08. The molecule has 0 fully saturated rings. The first-order valence-electron chi connectivity index (χ1n) is 6.34. The first-order valence-corrected chi connectivity index (χ1v) is 6.34. The second-order valence-electron chi connectivity index (χ2n) is 4.61. The number of nitrogen functional groups attached to an aromatic ring is 1. The minimum Gasteiger partial charge on any atom is -0.508 e. The molecular formula is C16H13N3O2. The zero-order valence-electron chi connectivity index (χ0n) is 11.1. The number of phenolic OH excluding ortho intramolecular Hbond substituents is 2. The van der Waals surface area contributed by atoms with Crippen LogP contribution in [-0.2, 0) is 0 Å². The van der Waals surface area contributed by atoms with Crippen molar-refractivity contribution in [2.75, 3.05) is 5.73 Å². The zero-order valence-corrected chi connectivity index (χ0v) is 11.1. The minimum atomic E-state index is 0.121. The van der Waals surface area contributed by atoms with Gasteiger partial charge in [0.1, 0.15) is 23.6 Å². The normalized spacial score (nSPS) is 10.5. The van der Waals surface area contributed by atoms with Gasteiger partial charge in [0, 0.05) is 11.6 Å². The maximum Gasteiger partial charge on any atom is 0.127 e. The van der Waals surface area contributed by atoms with E-state index in [4.69, 9.17) is 5.73 Å². The second kappa shape index (κ2) is 5.13. The predicted octanol–water partition coefficient (Wildman–Crippen LogP) is 2.80. The molecule has 0 aliphatic carbocycles. The lowest BCUT2D eigenvalue weighted by molar-refractivity contribution is 0.475. The van der Waals surface area contributed by atoms with Crippen molar-refractivity contribution in [2.24, 2.45) is 0 Å². The summed E-state index contributed by atoms with van der Waals surface area (Å²) in [6, 6.07) is 13.7. The number of rotatable bonds is 2. The lowest BCUT2D eigenvalue weighted by Crippen LogP contribution is -1.93. The third-order valence-electron chi connectivity index (χ3n) is 3.16. The molecule has 0 atom stereocenters. The number of aromatic hydroxyl groups is 2. The quantitative estimate of drug-likeness (QED) is 0.670. The van der Waals surface area contributed by atoms with E-state index >= 15 is 0 Å². The Balaban J connectivity index is 2.10. The summed E-state index contributed by atoms with van der Waals surface area (Å²) in [6.07, 6.45) is 1.36. The summed E-state index contributed by atoms with van der Waals surface area (Å²) in [6.45, 7) is 0. The van der Waals surface area contributed by atoms with Crippen molar-refractivity contribution in [1.29, 1.82) is 0 Å². The Morgan fingerprint density at radius 3 is 2.24 bits per heavy atom. The van der Waals surface area contributed by atoms with Crippen molar-refractivity contribution in [2.45, 2.75) is 0 Å². The van der Waals surface area contributed by atoms with Gasteiger partial charge in [0.25, 0.3) is 0 Å². The molecular weight excluding hydrogens is 266 g/mol. The van der Waals surface area contributed by atoms with Crippen LogP contribution in [0.3, 0.4) is 0 Å². The summed E-state index contributed by atoms with van der Waals surface area (Å²) in [4.78, 5) is 7.97. The van der Waals surface area contributed by atoms with Crippen LogP contribution in [0.15, 0.2) is 54.9 Å². The van der Waals surface area contributed by atoms with Gasteiger partial charge in [-0.3, -0.25) is 0 Å². The second-order valence-corrected chi connectivity index (χ2v) is 4.61. The number of nitrogens with zero attached hydrogens (tertiary/aromatic N) is 2. The Morgan fingerprint density at radius 1 is 0.810 bits per heavy atom. The van der Waals surface area contributed by atoms with Gasteiger partial charge in [-0.15, -0.1) is 0 Å². The SMILES string of the molecule is Nc1cc(-c2cc(-c3ccc(O)cc3)ccc2O)ncn1. The molecule has 0 saturated carbocycles. The van der Waals surface area contributed by atoms with Gasteiger partial charge in [0.15, 0.2) is 0 Å². The monoisotopic (exact) mass is 279 g/mol. The number of hydrogen-bond donors (Lipinski definition) is 3. The summed E-state index contributed by atoms with van der Waals surface area (Å²) in [5.74, 6) is 0.673. The fraction of sp³-hybridized carbons (Fsp3) is 0. The van der Waals surface area contributed by atoms with Gasteiger partial charge in [-0.1, -0.05) is 18.2 Å². The van der Waals surface area contributed by atoms with E-state index in [1.54, 1.807) is 42.5 Å². The molecule has 3 rings (SSSR count). The fourth-order valence-electron chi connectivity index (χ4n) is 2.09. The van der Waals surface area contributed by atoms with E-state index in [9.17, 15) is 10.2 Å². The van der Waals surface area contributed by atoms with Gasteiger partial charge in [0.05, 0.1) is 5.69 Å². The van der Waals surface area contributed by atoms with Crippen LogP contribution in [0.25, 0.3) is 22.4 Å². The molecule has 21 heavy (non-hydrogen) atoms. The van der Waals surface area contributed by atoms with E-state index in [-0.39, 0.29) is 11.5 Å². The number of phenols is 2. The summed E-state index contributed by atoms with van der Waals surface area (Å²) >= 11 is 0. The standard InChI is InChI=1S/C16H13N3O2/c17-16-8-14(18-9-19-16)13-7-11(3-6-15(13)21)10-1-4-12(20)5-2-10/h1-9,20-21H,(H2,17,18,19). The summed E-state index contributed by atoms with van der Waals surface area (Å²) in [7, 11) is 0. The molecule has 4 N–H and O–H groups in total. The number of benzene rings is 2. The topological polar surface area (TPSA) is 92.3 Å². The maximum atomic E-state index is 10.0. The molecule has 0 aliphatic heterocycles. The highest BCUT2D eigenvalue weighted by atomic mass is 16.3. The van der Waals surface area contributed by atoms with Crippen molar-refractivity contribution < 1.29 is 10.2 Å². The fourth-order valence-corrected chi connectivity index (χ4v) is 2.09. The van der Waals surface area contributed by atoms with Crippen molar-refractivity contribution in [3.63, 3.8) is 0 Å². The van der Waals surface area contributed by atoms with Gasteiger partial charge >= 0.3 is 0 Å². The Morgan fingerprint density at radius 2 is 1.52 bits per heavy atom. The zero-order chi connectivity index (χ0) is 14.8. The van der Waals surface area contributed by atoms with Crippen LogP contribution in [0.5, 0.6) is 11.5 Å². The van der Waals surface area contributed by atoms with Crippen LogP contribution >= 0.6 is 0 Å². The Kier molecular flexibility index (Phi) is 3.16. The number of nitrogens with two attached hydrogens (primary N) is 1. The van der Waals surface area contributed by atoms with E-state index in [1.807, 2.05) is 6.07 Å². The first-order chi connectivity index (χ1) is 10.1. The number of hydrogen-bond acceptors (Lipinski definition) is 5. The predicted molar refractivity (Wildman–Crippen MR) is 80.6 cm³/mol. The molecule has 0 saturated heterocycles. The van der Waals surface area contributed by atoms with Crippen molar-refractivity contribution in [1.82, 2.24) is 9.97 Å². The minimum absolute atomic E-state index is 0.121. The third kappa shape index (κ3) is 2.62. The summed E-state index contributed by atoms with van der Waals surface area (Å²) in [5, 5.41) is 19.4. The highest BCUT2D eigenvalue weighted by Crippen LogP contribution is 2.33. The molecule has 2 aromatic carbocycles. The van der Waals surface area contributed by atoms with E-state index in [0.717, 1.165) is 11.1 Å². The average molecular weight is 279 g/mol. The van der Waals surface area contributed by atoms with E-state index in [0.29, 0.717) is 17.1 Å². The Bertz CT molecular complexity index is 786. The average Bonchev–Trinajstić information content (AvgIpc) is 2.49. The molecule has 0 spiro atoms. The summed E-state index contributed by atoms with van der Waals surface area (Å²) in [5.41, 5.74) is 8.62. The lowest BCUT2D eigenvalue weighted by Gasteiger charge is -2.08. The van der Waals surface area contributed by atoms with Crippen LogP contribution < -0.4 is 5.73 Å². The third-order valence-corrected chi connectivity index (χ3v) is 3.16. The molecule has 104 valence electrons. The highest BCUT2D eigenvalue weighted by Gasteiger charge is 2.09. The molecule has 0 unspecified atom stereocenters. The van der Waals surface area contributed by atoms with Crippen LogP contribution in [-0.4, -0.2) is 20.2 Å². The molecule has 0 amide bonds. The van der Waals surface area contributed by atoms with E-state index in [1.165, 1.54) is 6.33 Å². The molecule has 3 aromatic rings. The van der Waals surface area contributed by atoms with E-state index in [2.05, 4.69) is 9.97 Å². The van der Waals surface area contributed by atoms with Gasteiger partial charge < -0.3 is 15.9 Å². The molecule has 0 radical (unpaired) electrons. The molecule has 0 aliphatic rings. The van der Waals surface area contributed by atoms with Gasteiger partial charge in [-0.05, 0) is 35.4 Å². The lowest BCUT2D eigenvalue weighted by atomic mass is 10.0. The molecule has 0 bridgehead atoms. The first kappa shape index (κ1) is 12.9. The van der Waals surface area contributed by atoms with Crippen LogP contribution in [0.4, 0.5) is 5.82 Å².